The Hall–Kier alpha value is -6.09. The van der Waals surface area contributed by atoms with Crippen molar-refractivity contribution in [1.82, 2.24) is 14.5 Å². The van der Waals surface area contributed by atoms with Gasteiger partial charge in [0.1, 0.15) is 11.6 Å². The fourth-order valence-corrected chi connectivity index (χ4v) is 8.58. The van der Waals surface area contributed by atoms with E-state index in [-0.39, 0.29) is 43.1 Å². The summed E-state index contributed by atoms with van der Waals surface area (Å²) in [5, 5.41) is 14.7. The summed E-state index contributed by atoms with van der Waals surface area (Å²) in [5.41, 5.74) is 14.2. The van der Waals surface area contributed by atoms with E-state index in [1.807, 2.05) is 18.3 Å². The van der Waals surface area contributed by atoms with Crippen LogP contribution in [0.25, 0.3) is 83.5 Å². The van der Waals surface area contributed by atoms with Crippen molar-refractivity contribution in [3.05, 3.63) is 181 Å². The van der Waals surface area contributed by atoms with Gasteiger partial charge in [0.25, 0.3) is 0 Å². The van der Waals surface area contributed by atoms with Gasteiger partial charge in [-0.15, -0.1) is 17.7 Å². The van der Waals surface area contributed by atoms with Crippen LogP contribution in [0.4, 0.5) is 0 Å². The Labute approximate surface area is 387 Å². The van der Waals surface area contributed by atoms with Crippen molar-refractivity contribution in [3.8, 4) is 67.5 Å². The number of nitrogens with zero attached hydrogens (tertiary/aromatic N) is 3. The number of hydrogen-bond acceptors (Lipinski definition) is 3. The van der Waals surface area contributed by atoms with Crippen LogP contribution in [0.2, 0.25) is 0 Å². The first kappa shape index (κ1) is 43.6. The molecule has 5 heteroatoms. The summed E-state index contributed by atoms with van der Waals surface area (Å²) in [5.74, 6) is 0.928. The fraction of sp³-hybridized carbons (Fsp3) is 0.207. The second-order valence-corrected chi connectivity index (χ2v) is 19.7. The standard InChI is InChI=1S/C58H54N3O.Pt/c1-56(2,3)42-27-28-44-40(32-42)31-41(33-47(44)50-34-39(29-30-59-50)37-19-12-10-13-20-37)46-24-18-26-52-53(46)60-55(48-35-43(57(4,5)6)36-49(54(48)62)58(7,8)9)61(52)51-25-17-16-23-45(51)38-21-14-11-15-22-38;/h10-32,34-36,62H,1-9H3;/q-1;. The number of fused-ring (bicyclic) bond motifs is 2. The molecular weight excluding hydrogens is 950 g/mol. The van der Waals surface area contributed by atoms with E-state index >= 15 is 0 Å². The Balaban J connectivity index is 0.00000544. The minimum absolute atomic E-state index is 0. The van der Waals surface area contributed by atoms with Crippen LogP contribution in [0.3, 0.4) is 0 Å². The minimum Gasteiger partial charge on any atom is -0.507 e. The zero-order valence-corrected chi connectivity index (χ0v) is 39.9. The largest absolute Gasteiger partial charge is 0.507 e. The van der Waals surface area contributed by atoms with E-state index in [0.717, 1.165) is 83.3 Å². The van der Waals surface area contributed by atoms with E-state index in [2.05, 4.69) is 212 Å². The monoisotopic (exact) mass is 1000 g/mol. The number of aromatic nitrogens is 3. The van der Waals surface area contributed by atoms with Gasteiger partial charge >= 0.3 is 0 Å². The number of pyridine rings is 1. The van der Waals surface area contributed by atoms with E-state index in [1.54, 1.807) is 0 Å². The van der Waals surface area contributed by atoms with Gasteiger partial charge in [-0.2, -0.15) is 0 Å². The number of phenols is 1. The topological polar surface area (TPSA) is 50.9 Å². The van der Waals surface area contributed by atoms with Gasteiger partial charge in [-0.05, 0) is 68.3 Å². The van der Waals surface area contributed by atoms with Crippen LogP contribution in [0.1, 0.15) is 79.0 Å². The summed E-state index contributed by atoms with van der Waals surface area (Å²) in [6, 6.07) is 57.4. The molecule has 0 aliphatic heterocycles. The van der Waals surface area contributed by atoms with Crippen molar-refractivity contribution in [2.24, 2.45) is 0 Å². The maximum Gasteiger partial charge on any atom is 0.148 e. The molecule has 0 fully saturated rings. The summed E-state index contributed by atoms with van der Waals surface area (Å²) in [6.45, 7) is 19.9. The van der Waals surface area contributed by atoms with Crippen molar-refractivity contribution in [3.63, 3.8) is 0 Å². The number of aromatic hydroxyl groups is 1. The van der Waals surface area contributed by atoms with Crippen molar-refractivity contribution in [2.75, 3.05) is 0 Å². The number of phenolic OH excluding ortho intramolecular Hbond substituents is 1. The molecule has 2 heterocycles. The molecule has 0 spiro atoms. The zero-order valence-electron chi connectivity index (χ0n) is 37.6. The molecule has 0 bridgehead atoms. The SMILES string of the molecule is CC(C)(C)c1cc(-c2nc3c(-c4[c-]c(-c5cc(-c6ccccc6)ccn5)c5ccc(C(C)(C)C)cc5c4)cccc3n2-c2ccccc2-c2ccccc2)c(O)c(C(C)(C)C)c1.[Pt]. The predicted octanol–water partition coefficient (Wildman–Crippen LogP) is 15.3. The van der Waals surface area contributed by atoms with E-state index in [4.69, 9.17) is 9.97 Å². The normalized spacial score (nSPS) is 12.1. The van der Waals surface area contributed by atoms with Gasteiger partial charge in [-0.1, -0.05) is 206 Å². The summed E-state index contributed by atoms with van der Waals surface area (Å²) in [4.78, 5) is 10.6. The minimum atomic E-state index is -0.321. The molecule has 0 saturated carbocycles. The molecule has 2 aromatic heterocycles. The van der Waals surface area contributed by atoms with E-state index in [9.17, 15) is 5.11 Å². The Bertz CT molecular complexity index is 3130. The van der Waals surface area contributed by atoms with Crippen molar-refractivity contribution < 1.29 is 26.2 Å². The molecule has 0 aliphatic carbocycles. The molecule has 0 aliphatic rings. The van der Waals surface area contributed by atoms with Gasteiger partial charge in [0.2, 0.25) is 0 Å². The first-order valence-electron chi connectivity index (χ1n) is 21.6. The second-order valence-electron chi connectivity index (χ2n) is 19.7. The number of para-hydroxylation sites is 2. The third kappa shape index (κ3) is 8.30. The number of hydrogen-bond donors (Lipinski definition) is 1. The number of benzene rings is 7. The molecule has 7 aromatic carbocycles. The average molecular weight is 1000 g/mol. The Morgan fingerprint density at radius 1 is 0.540 bits per heavy atom. The molecule has 4 nitrogen and oxygen atoms in total. The van der Waals surface area contributed by atoms with Gasteiger partial charge in [-0.3, -0.25) is 9.55 Å². The van der Waals surface area contributed by atoms with E-state index in [0.29, 0.717) is 11.4 Å². The molecule has 9 rings (SSSR count). The molecule has 1 N–H and O–H groups in total. The van der Waals surface area contributed by atoms with Crippen LogP contribution >= 0.6 is 0 Å². The van der Waals surface area contributed by atoms with Crippen molar-refractivity contribution >= 4 is 21.8 Å². The van der Waals surface area contributed by atoms with Gasteiger partial charge in [0, 0.05) is 44.1 Å². The summed E-state index contributed by atoms with van der Waals surface area (Å²) in [6.07, 6.45) is 1.90. The first-order valence-corrected chi connectivity index (χ1v) is 21.6. The smallest absolute Gasteiger partial charge is 0.148 e. The average Bonchev–Trinajstić information content (AvgIpc) is 3.65. The molecule has 9 aromatic rings. The predicted molar refractivity (Wildman–Crippen MR) is 260 cm³/mol. The molecule has 0 radical (unpaired) electrons. The third-order valence-corrected chi connectivity index (χ3v) is 12.1. The molecular formula is C58H54N3OPt-. The summed E-state index contributed by atoms with van der Waals surface area (Å²) in [7, 11) is 0. The Kier molecular flexibility index (Phi) is 11.4. The van der Waals surface area contributed by atoms with E-state index < -0.39 is 0 Å². The number of rotatable bonds is 6. The van der Waals surface area contributed by atoms with Crippen molar-refractivity contribution in [1.29, 1.82) is 0 Å². The zero-order chi connectivity index (χ0) is 43.6. The molecule has 0 saturated heterocycles. The first-order chi connectivity index (χ1) is 29.6. The van der Waals surface area contributed by atoms with E-state index in [1.165, 1.54) is 5.56 Å². The van der Waals surface area contributed by atoms with Crippen LogP contribution in [-0.2, 0) is 37.3 Å². The molecule has 0 amide bonds. The Morgan fingerprint density at radius 3 is 1.87 bits per heavy atom. The molecule has 318 valence electrons. The summed E-state index contributed by atoms with van der Waals surface area (Å²) >= 11 is 0. The van der Waals surface area contributed by atoms with Crippen LogP contribution in [0.5, 0.6) is 5.75 Å². The van der Waals surface area contributed by atoms with Crippen LogP contribution < -0.4 is 0 Å². The molecule has 0 unspecified atom stereocenters. The van der Waals surface area contributed by atoms with Gasteiger partial charge in [0.15, 0.2) is 0 Å². The van der Waals surface area contributed by atoms with Crippen LogP contribution in [0.15, 0.2) is 158 Å². The van der Waals surface area contributed by atoms with Gasteiger partial charge < -0.3 is 5.11 Å². The maximum atomic E-state index is 12.4. The Morgan fingerprint density at radius 2 is 1.19 bits per heavy atom. The summed E-state index contributed by atoms with van der Waals surface area (Å²) < 4.78 is 2.25. The maximum absolute atomic E-state index is 12.4. The molecule has 0 atom stereocenters. The van der Waals surface area contributed by atoms with Gasteiger partial charge in [-0.25, -0.2) is 4.98 Å². The van der Waals surface area contributed by atoms with Gasteiger partial charge in [0.05, 0.1) is 22.3 Å². The third-order valence-electron chi connectivity index (χ3n) is 12.1. The number of imidazole rings is 1. The quantitative estimate of drug-likeness (QED) is 0.169. The second kappa shape index (κ2) is 16.6. The van der Waals surface area contributed by atoms with Crippen LogP contribution in [-0.4, -0.2) is 19.6 Å². The molecule has 63 heavy (non-hydrogen) atoms. The van der Waals surface area contributed by atoms with Crippen molar-refractivity contribution in [2.45, 2.75) is 78.6 Å². The fourth-order valence-electron chi connectivity index (χ4n) is 8.58. The van der Waals surface area contributed by atoms with Crippen LogP contribution in [0, 0.1) is 6.07 Å².